The van der Waals surface area contributed by atoms with Gasteiger partial charge in [-0.05, 0) is 43.4 Å². The molecule has 1 atom stereocenters. The Balaban J connectivity index is 1.95. The van der Waals surface area contributed by atoms with Crippen LogP contribution in [-0.4, -0.2) is 0 Å². The summed E-state index contributed by atoms with van der Waals surface area (Å²) in [4.78, 5) is 1.85. The van der Waals surface area contributed by atoms with Crippen molar-refractivity contribution in [2.75, 3.05) is 0 Å². The minimum absolute atomic E-state index is 0.144. The molecule has 0 N–H and O–H groups in total. The predicted molar refractivity (Wildman–Crippen MR) is 82.7 cm³/mol. The van der Waals surface area contributed by atoms with Crippen LogP contribution in [0.3, 0.4) is 0 Å². The summed E-state index contributed by atoms with van der Waals surface area (Å²) < 4.78 is 40.3. The van der Waals surface area contributed by atoms with Gasteiger partial charge in [0.15, 0.2) is 11.6 Å². The van der Waals surface area contributed by atoms with Gasteiger partial charge in [-0.3, -0.25) is 0 Å². The molecule has 5 heteroatoms. The zero-order chi connectivity index (χ0) is 15.0. The largest absolute Gasteiger partial charge is 0.207 e. The predicted octanol–water partition coefficient (Wildman–Crippen LogP) is 5.92. The Morgan fingerprint density at radius 3 is 2.43 bits per heavy atom. The zero-order valence-corrected chi connectivity index (χ0v) is 13.7. The van der Waals surface area contributed by atoms with Crippen molar-refractivity contribution in [1.82, 2.24) is 0 Å². The van der Waals surface area contributed by atoms with Crippen LogP contribution in [0.15, 0.2) is 18.2 Å². The molecule has 112 valence electrons. The second kappa shape index (κ2) is 6.13. The molecule has 0 amide bonds. The Morgan fingerprint density at radius 1 is 0.905 bits per heavy atom. The highest BCUT2D eigenvalue weighted by atomic mass is 79.9. The zero-order valence-electron chi connectivity index (χ0n) is 11.3. The summed E-state index contributed by atoms with van der Waals surface area (Å²) in [6, 6.07) is 3.62. The highest BCUT2D eigenvalue weighted by Gasteiger charge is 2.22. The van der Waals surface area contributed by atoms with Gasteiger partial charge in [-0.2, -0.15) is 0 Å². The van der Waals surface area contributed by atoms with Crippen molar-refractivity contribution in [1.29, 1.82) is 0 Å². The summed E-state index contributed by atoms with van der Waals surface area (Å²) in [5.41, 5.74) is 1.46. The van der Waals surface area contributed by atoms with Gasteiger partial charge in [0.1, 0.15) is 5.82 Å². The Hall–Kier alpha value is -0.810. The lowest BCUT2D eigenvalue weighted by Gasteiger charge is -2.10. The van der Waals surface area contributed by atoms with E-state index in [2.05, 4.69) is 22.0 Å². The molecule has 0 spiro atoms. The molecule has 1 aromatic heterocycles. The van der Waals surface area contributed by atoms with E-state index >= 15 is 0 Å². The normalized spacial score (nSPS) is 16.4. The van der Waals surface area contributed by atoms with E-state index in [4.69, 9.17) is 0 Å². The lowest BCUT2D eigenvalue weighted by Crippen LogP contribution is -1.98. The van der Waals surface area contributed by atoms with Crippen molar-refractivity contribution in [3.05, 3.63) is 56.5 Å². The number of alkyl halides is 1. The Kier molecular flexibility index (Phi) is 4.41. The van der Waals surface area contributed by atoms with E-state index in [1.165, 1.54) is 29.7 Å². The van der Waals surface area contributed by atoms with Gasteiger partial charge in [0.25, 0.3) is 0 Å². The van der Waals surface area contributed by atoms with Crippen molar-refractivity contribution in [2.45, 2.75) is 36.9 Å². The van der Waals surface area contributed by atoms with Crippen molar-refractivity contribution in [3.63, 3.8) is 0 Å². The topological polar surface area (TPSA) is 0 Å². The maximum Gasteiger partial charge on any atom is 0.161 e. The number of fused-ring (bicyclic) bond motifs is 1. The fourth-order valence-corrected chi connectivity index (χ4v) is 4.72. The molecule has 0 saturated carbocycles. The maximum atomic E-state index is 13.9. The lowest BCUT2D eigenvalue weighted by molar-refractivity contribution is 0.491. The van der Waals surface area contributed by atoms with Crippen LogP contribution in [0.25, 0.3) is 0 Å². The number of halogens is 4. The molecule has 1 aliphatic carbocycles. The summed E-state index contributed by atoms with van der Waals surface area (Å²) in [6.45, 7) is 0. The van der Waals surface area contributed by atoms with Crippen LogP contribution in [0.5, 0.6) is 0 Å². The van der Waals surface area contributed by atoms with Gasteiger partial charge in [-0.1, -0.05) is 22.4 Å². The third-order valence-corrected chi connectivity index (χ3v) is 6.42. The first-order valence-corrected chi connectivity index (χ1v) is 8.69. The monoisotopic (exact) mass is 374 g/mol. The van der Waals surface area contributed by atoms with Crippen LogP contribution in [0, 0.1) is 17.5 Å². The number of thiophene rings is 1. The van der Waals surface area contributed by atoms with Gasteiger partial charge in [-0.25, -0.2) is 13.2 Å². The minimum Gasteiger partial charge on any atom is -0.207 e. The van der Waals surface area contributed by atoms with Gasteiger partial charge < -0.3 is 0 Å². The molecule has 0 saturated heterocycles. The van der Waals surface area contributed by atoms with Crippen molar-refractivity contribution in [2.24, 2.45) is 0 Å². The van der Waals surface area contributed by atoms with E-state index < -0.39 is 22.3 Å². The quantitative estimate of drug-likeness (QED) is 0.347. The lowest BCUT2D eigenvalue weighted by atomic mass is 10.1. The van der Waals surface area contributed by atoms with E-state index in [9.17, 15) is 13.2 Å². The summed E-state index contributed by atoms with van der Waals surface area (Å²) >= 11 is 5.07. The SMILES string of the molecule is Fc1cc(F)c(C(Br)c2cc3c(s2)CCCCC3)cc1F. The molecular formula is C16H14BrF3S. The second-order valence-corrected chi connectivity index (χ2v) is 7.39. The molecule has 0 radical (unpaired) electrons. The highest BCUT2D eigenvalue weighted by Crippen LogP contribution is 2.40. The van der Waals surface area contributed by atoms with Crippen molar-refractivity contribution in [3.8, 4) is 0 Å². The van der Waals surface area contributed by atoms with E-state index in [-0.39, 0.29) is 5.56 Å². The Bertz CT molecular complexity index is 642. The van der Waals surface area contributed by atoms with Crippen LogP contribution >= 0.6 is 27.3 Å². The van der Waals surface area contributed by atoms with E-state index in [1.807, 2.05) is 0 Å². The summed E-state index contributed by atoms with van der Waals surface area (Å²) in [5.74, 6) is -2.90. The van der Waals surface area contributed by atoms with Gasteiger partial charge in [0.2, 0.25) is 0 Å². The summed E-state index contributed by atoms with van der Waals surface area (Å²) in [6.07, 6.45) is 5.70. The first-order chi connectivity index (χ1) is 10.1. The summed E-state index contributed by atoms with van der Waals surface area (Å²) in [5, 5.41) is 0. The summed E-state index contributed by atoms with van der Waals surface area (Å²) in [7, 11) is 0. The van der Waals surface area contributed by atoms with Crippen molar-refractivity contribution < 1.29 is 13.2 Å². The fourth-order valence-electron chi connectivity index (χ4n) is 2.70. The average molecular weight is 375 g/mol. The van der Waals surface area contributed by atoms with Crippen LogP contribution < -0.4 is 0 Å². The average Bonchev–Trinajstić information content (AvgIpc) is 2.73. The van der Waals surface area contributed by atoms with Gasteiger partial charge in [0, 0.05) is 21.4 Å². The standard InChI is InChI=1S/C16H14BrF3S/c17-16(10-7-12(19)13(20)8-11(10)18)15-6-9-4-2-1-3-5-14(9)21-15/h6-8,16H,1-5H2. The molecule has 0 aliphatic heterocycles. The Labute approximate surface area is 134 Å². The number of rotatable bonds is 2. The Morgan fingerprint density at radius 2 is 1.62 bits per heavy atom. The molecule has 1 aliphatic rings. The number of hydrogen-bond acceptors (Lipinski definition) is 1. The van der Waals surface area contributed by atoms with Crippen LogP contribution in [0.1, 0.15) is 45.0 Å². The number of benzene rings is 1. The molecule has 0 bridgehead atoms. The third kappa shape index (κ3) is 3.04. The first-order valence-electron chi connectivity index (χ1n) is 6.96. The van der Waals surface area contributed by atoms with E-state index in [0.29, 0.717) is 6.07 Å². The molecule has 0 fully saturated rings. The van der Waals surface area contributed by atoms with E-state index in [1.54, 1.807) is 11.3 Å². The molecule has 0 nitrogen and oxygen atoms in total. The van der Waals surface area contributed by atoms with Crippen LogP contribution in [0.2, 0.25) is 0 Å². The van der Waals surface area contributed by atoms with E-state index in [0.717, 1.165) is 23.8 Å². The number of aryl methyl sites for hydroxylation is 2. The first kappa shape index (κ1) is 15.1. The third-order valence-electron chi connectivity index (χ3n) is 3.83. The molecule has 1 unspecified atom stereocenters. The van der Waals surface area contributed by atoms with Gasteiger partial charge in [0.05, 0.1) is 4.83 Å². The molecule has 1 heterocycles. The molecular weight excluding hydrogens is 361 g/mol. The maximum absolute atomic E-state index is 13.9. The highest BCUT2D eigenvalue weighted by molar-refractivity contribution is 9.09. The smallest absolute Gasteiger partial charge is 0.161 e. The molecule has 21 heavy (non-hydrogen) atoms. The van der Waals surface area contributed by atoms with Gasteiger partial charge in [-0.15, -0.1) is 11.3 Å². The fraction of sp³-hybridized carbons (Fsp3) is 0.375. The molecule has 3 rings (SSSR count). The molecule has 2 aromatic rings. The minimum atomic E-state index is -1.15. The van der Waals surface area contributed by atoms with Crippen LogP contribution in [-0.2, 0) is 12.8 Å². The second-order valence-electron chi connectivity index (χ2n) is 5.31. The van der Waals surface area contributed by atoms with Crippen LogP contribution in [0.4, 0.5) is 13.2 Å². The molecule has 1 aromatic carbocycles. The van der Waals surface area contributed by atoms with Crippen molar-refractivity contribution >= 4 is 27.3 Å². The van der Waals surface area contributed by atoms with Gasteiger partial charge >= 0.3 is 0 Å². The number of hydrogen-bond donors (Lipinski definition) is 0.